The van der Waals surface area contributed by atoms with Gasteiger partial charge in [-0.3, -0.25) is 4.79 Å². The fourth-order valence-corrected chi connectivity index (χ4v) is 5.38. The second kappa shape index (κ2) is 3.85. The second-order valence-electron chi connectivity index (χ2n) is 7.08. The maximum atomic E-state index is 11.6. The molecule has 20 heavy (non-hydrogen) atoms. The zero-order chi connectivity index (χ0) is 14.9. The van der Waals surface area contributed by atoms with Crippen LogP contribution < -0.4 is 0 Å². The van der Waals surface area contributed by atoms with Crippen LogP contribution in [0.4, 0.5) is 0 Å². The number of carboxylic acids is 2. The fourth-order valence-electron chi connectivity index (χ4n) is 5.38. The molecule has 5 atom stereocenters. The maximum absolute atomic E-state index is 11.6. The van der Waals surface area contributed by atoms with E-state index in [1.165, 1.54) is 6.08 Å². The molecule has 5 heteroatoms. The summed E-state index contributed by atoms with van der Waals surface area (Å²) in [5.41, 5.74) is -0.711. The first-order valence-electron chi connectivity index (χ1n) is 7.08. The third kappa shape index (κ3) is 1.36. The van der Waals surface area contributed by atoms with E-state index in [1.807, 2.05) is 13.8 Å². The number of aliphatic hydroxyl groups excluding tert-OH is 1. The molecule has 5 nitrogen and oxygen atoms in total. The Bertz CT molecular complexity index is 520. The van der Waals surface area contributed by atoms with Crippen molar-refractivity contribution in [3.63, 3.8) is 0 Å². The van der Waals surface area contributed by atoms with Crippen molar-refractivity contribution in [1.29, 1.82) is 0 Å². The smallest absolute Gasteiger partial charge is 0.331 e. The average Bonchev–Trinajstić information content (AvgIpc) is 2.79. The normalized spacial score (nSPS) is 44.9. The van der Waals surface area contributed by atoms with E-state index in [9.17, 15) is 24.9 Å². The van der Waals surface area contributed by atoms with Gasteiger partial charge in [-0.1, -0.05) is 13.8 Å². The minimum absolute atomic E-state index is 0.0594. The zero-order valence-electron chi connectivity index (χ0n) is 11.7. The lowest BCUT2D eigenvalue weighted by Crippen LogP contribution is -2.45. The summed E-state index contributed by atoms with van der Waals surface area (Å²) >= 11 is 0. The van der Waals surface area contributed by atoms with Crippen LogP contribution in [0.15, 0.2) is 11.6 Å². The number of carboxylic acid groups (broad SMARTS) is 2. The van der Waals surface area contributed by atoms with Gasteiger partial charge in [0.15, 0.2) is 0 Å². The number of hydrogen-bond donors (Lipinski definition) is 3. The van der Waals surface area contributed by atoms with Gasteiger partial charge in [0.25, 0.3) is 0 Å². The highest BCUT2D eigenvalue weighted by molar-refractivity contribution is 5.88. The van der Waals surface area contributed by atoms with Crippen LogP contribution in [-0.2, 0) is 9.59 Å². The van der Waals surface area contributed by atoms with Crippen LogP contribution in [0.3, 0.4) is 0 Å². The summed E-state index contributed by atoms with van der Waals surface area (Å²) in [5.74, 6) is -2.54. The van der Waals surface area contributed by atoms with Crippen molar-refractivity contribution in [2.45, 2.75) is 39.2 Å². The summed E-state index contributed by atoms with van der Waals surface area (Å²) in [6.07, 6.45) is 2.22. The van der Waals surface area contributed by atoms with Crippen molar-refractivity contribution in [2.75, 3.05) is 0 Å². The van der Waals surface area contributed by atoms with Gasteiger partial charge in [0.1, 0.15) is 0 Å². The summed E-state index contributed by atoms with van der Waals surface area (Å²) in [5, 5.41) is 29.4. The summed E-state index contributed by atoms with van der Waals surface area (Å²) < 4.78 is 0. The average molecular weight is 280 g/mol. The van der Waals surface area contributed by atoms with Crippen LogP contribution in [0.25, 0.3) is 0 Å². The molecule has 0 aliphatic heterocycles. The van der Waals surface area contributed by atoms with Gasteiger partial charge in [0.2, 0.25) is 0 Å². The Morgan fingerprint density at radius 3 is 2.45 bits per heavy atom. The Kier molecular flexibility index (Phi) is 2.62. The standard InChI is InChI=1S/C15H20O5/c1-14(2)9-6-15(11(16)5-7(9)12(17)18)8(13(19)20)3-4-10(14)15/h5,8-11,16H,3-4,6H2,1-2H3,(H,17,18)(H,19,20)/t8-,9+,10+,11+,15-/m1/s1. The van der Waals surface area contributed by atoms with Gasteiger partial charge in [0.05, 0.1) is 12.0 Å². The molecule has 0 saturated heterocycles. The summed E-state index contributed by atoms with van der Waals surface area (Å²) in [6, 6.07) is 0. The minimum atomic E-state index is -0.996. The van der Waals surface area contributed by atoms with Crippen molar-refractivity contribution in [1.82, 2.24) is 0 Å². The van der Waals surface area contributed by atoms with Crippen molar-refractivity contribution in [3.8, 4) is 0 Å². The van der Waals surface area contributed by atoms with Crippen molar-refractivity contribution in [3.05, 3.63) is 11.6 Å². The Balaban J connectivity index is 2.16. The lowest BCUT2D eigenvalue weighted by Gasteiger charge is -2.40. The van der Waals surface area contributed by atoms with Gasteiger partial charge in [-0.05, 0) is 42.6 Å². The minimum Gasteiger partial charge on any atom is -0.481 e. The second-order valence-corrected chi connectivity index (χ2v) is 7.08. The highest BCUT2D eigenvalue weighted by atomic mass is 16.4. The van der Waals surface area contributed by atoms with E-state index in [-0.39, 0.29) is 22.8 Å². The molecule has 3 aliphatic rings. The highest BCUT2D eigenvalue weighted by Gasteiger charge is 2.70. The largest absolute Gasteiger partial charge is 0.481 e. The number of hydrogen-bond acceptors (Lipinski definition) is 3. The van der Waals surface area contributed by atoms with Crippen LogP contribution in [0, 0.1) is 28.6 Å². The molecule has 0 aromatic heterocycles. The lowest BCUT2D eigenvalue weighted by atomic mass is 9.65. The molecular weight excluding hydrogens is 260 g/mol. The monoisotopic (exact) mass is 280 g/mol. The van der Waals surface area contributed by atoms with Gasteiger partial charge in [-0.15, -0.1) is 0 Å². The number of aliphatic carboxylic acids is 2. The Morgan fingerprint density at radius 2 is 1.90 bits per heavy atom. The maximum Gasteiger partial charge on any atom is 0.331 e. The molecule has 0 aromatic rings. The first-order valence-corrected chi connectivity index (χ1v) is 7.08. The predicted molar refractivity (Wildman–Crippen MR) is 69.9 cm³/mol. The molecule has 0 amide bonds. The molecule has 0 unspecified atom stereocenters. The third-order valence-electron chi connectivity index (χ3n) is 6.20. The van der Waals surface area contributed by atoms with Gasteiger partial charge >= 0.3 is 11.9 Å². The first-order chi connectivity index (χ1) is 9.22. The molecule has 0 heterocycles. The topological polar surface area (TPSA) is 94.8 Å². The van der Waals surface area contributed by atoms with Gasteiger partial charge in [0, 0.05) is 11.0 Å². The molecule has 2 bridgehead atoms. The lowest BCUT2D eigenvalue weighted by molar-refractivity contribution is -0.149. The van der Waals surface area contributed by atoms with E-state index >= 15 is 0 Å². The van der Waals surface area contributed by atoms with Crippen LogP contribution in [0.5, 0.6) is 0 Å². The number of carbonyl (C=O) groups is 2. The van der Waals surface area contributed by atoms with Gasteiger partial charge in [-0.25, -0.2) is 4.79 Å². The van der Waals surface area contributed by atoms with Crippen molar-refractivity contribution >= 4 is 11.9 Å². The molecule has 3 rings (SSSR count). The van der Waals surface area contributed by atoms with E-state index in [0.717, 1.165) is 6.42 Å². The summed E-state index contributed by atoms with van der Waals surface area (Å²) in [7, 11) is 0. The van der Waals surface area contributed by atoms with E-state index < -0.39 is 29.4 Å². The summed E-state index contributed by atoms with van der Waals surface area (Å²) in [4.78, 5) is 23.0. The number of aliphatic hydroxyl groups is 1. The number of fused-ring (bicyclic) bond motifs is 1. The molecule has 110 valence electrons. The quantitative estimate of drug-likeness (QED) is 0.712. The molecule has 2 fully saturated rings. The Morgan fingerprint density at radius 1 is 1.25 bits per heavy atom. The van der Waals surface area contributed by atoms with Crippen LogP contribution >= 0.6 is 0 Å². The Labute approximate surface area is 117 Å². The molecule has 1 spiro atoms. The zero-order valence-corrected chi connectivity index (χ0v) is 11.7. The van der Waals surface area contributed by atoms with Crippen LogP contribution in [-0.4, -0.2) is 33.4 Å². The van der Waals surface area contributed by atoms with Crippen molar-refractivity contribution in [2.24, 2.45) is 28.6 Å². The highest BCUT2D eigenvalue weighted by Crippen LogP contribution is 2.71. The SMILES string of the molecule is CC1(C)[C@H]2C[C@]3([C@@H](C(=O)O)CC[C@@H]13)[C@@H](O)C=C2C(=O)O. The molecular formula is C15H20O5. The fraction of sp³-hybridized carbons (Fsp3) is 0.733. The molecule has 0 aromatic carbocycles. The van der Waals surface area contributed by atoms with Gasteiger partial charge in [-0.2, -0.15) is 0 Å². The van der Waals surface area contributed by atoms with Crippen LogP contribution in [0.1, 0.15) is 33.1 Å². The van der Waals surface area contributed by atoms with Crippen LogP contribution in [0.2, 0.25) is 0 Å². The molecule has 3 aliphatic carbocycles. The predicted octanol–water partition coefficient (Wildman–Crippen LogP) is 1.52. The summed E-state index contributed by atoms with van der Waals surface area (Å²) in [6.45, 7) is 4.03. The van der Waals surface area contributed by atoms with E-state index in [4.69, 9.17) is 0 Å². The van der Waals surface area contributed by atoms with E-state index in [2.05, 4.69) is 0 Å². The molecule has 3 N–H and O–H groups in total. The molecule has 0 radical (unpaired) electrons. The molecule has 2 saturated carbocycles. The van der Waals surface area contributed by atoms with Gasteiger partial charge < -0.3 is 15.3 Å². The van der Waals surface area contributed by atoms with E-state index in [0.29, 0.717) is 12.8 Å². The van der Waals surface area contributed by atoms with Crippen molar-refractivity contribution < 1.29 is 24.9 Å². The Hall–Kier alpha value is -1.36. The van der Waals surface area contributed by atoms with E-state index in [1.54, 1.807) is 0 Å². The third-order valence-corrected chi connectivity index (χ3v) is 6.20. The first kappa shape index (κ1) is 13.6. The number of rotatable bonds is 2.